The number of nitrogens with one attached hydrogen (secondary N) is 1. The van der Waals surface area contributed by atoms with Crippen molar-refractivity contribution < 1.29 is 4.74 Å². The van der Waals surface area contributed by atoms with Gasteiger partial charge in [0.05, 0.1) is 0 Å². The molecule has 3 heteroatoms. The van der Waals surface area contributed by atoms with E-state index in [-0.39, 0.29) is 5.60 Å². The van der Waals surface area contributed by atoms with Crippen molar-refractivity contribution in [1.82, 2.24) is 10.3 Å². The van der Waals surface area contributed by atoms with Crippen molar-refractivity contribution in [2.75, 3.05) is 20.2 Å². The molecule has 0 unspecified atom stereocenters. The van der Waals surface area contributed by atoms with E-state index in [4.69, 9.17) is 4.74 Å². The summed E-state index contributed by atoms with van der Waals surface area (Å²) in [5, 5.41) is 3.31. The van der Waals surface area contributed by atoms with Crippen molar-refractivity contribution in [1.29, 1.82) is 0 Å². The van der Waals surface area contributed by atoms with Crippen LogP contribution in [0.25, 0.3) is 0 Å². The fourth-order valence-corrected chi connectivity index (χ4v) is 1.83. The van der Waals surface area contributed by atoms with Crippen molar-refractivity contribution in [2.45, 2.75) is 18.4 Å². The van der Waals surface area contributed by atoms with E-state index >= 15 is 0 Å². The average Bonchev–Trinajstić information content (AvgIpc) is 2.39. The number of nitrogens with zero attached hydrogens (tertiary/aromatic N) is 1. The molecule has 84 valence electrons. The van der Waals surface area contributed by atoms with Crippen molar-refractivity contribution in [3.8, 4) is 11.8 Å². The summed E-state index contributed by atoms with van der Waals surface area (Å²) >= 11 is 0. The van der Waals surface area contributed by atoms with Gasteiger partial charge in [0.2, 0.25) is 0 Å². The van der Waals surface area contributed by atoms with Gasteiger partial charge in [-0.1, -0.05) is 12.0 Å². The van der Waals surface area contributed by atoms with Crippen LogP contribution in [0.1, 0.15) is 18.5 Å². The van der Waals surface area contributed by atoms with Gasteiger partial charge in [0, 0.05) is 26.1 Å². The summed E-state index contributed by atoms with van der Waals surface area (Å²) in [4.78, 5) is 4.18. The van der Waals surface area contributed by atoms with Crippen molar-refractivity contribution in [3.05, 3.63) is 30.1 Å². The minimum Gasteiger partial charge on any atom is -0.365 e. The van der Waals surface area contributed by atoms with Gasteiger partial charge in [0.1, 0.15) is 11.3 Å². The van der Waals surface area contributed by atoms with Gasteiger partial charge in [0.25, 0.3) is 0 Å². The Labute approximate surface area is 96.2 Å². The summed E-state index contributed by atoms with van der Waals surface area (Å²) in [6.07, 6.45) is 3.62. The number of ether oxygens (including phenoxy) is 1. The Bertz CT molecular complexity index is 385. The maximum absolute atomic E-state index is 5.56. The first-order valence-electron chi connectivity index (χ1n) is 5.55. The number of rotatable bonds is 1. The second kappa shape index (κ2) is 5.11. The Balaban J connectivity index is 2.15. The van der Waals surface area contributed by atoms with Crippen LogP contribution in [0, 0.1) is 11.8 Å². The van der Waals surface area contributed by atoms with Gasteiger partial charge in [-0.2, -0.15) is 0 Å². The third-order valence-electron chi connectivity index (χ3n) is 2.89. The Morgan fingerprint density at radius 3 is 2.81 bits per heavy atom. The molecule has 0 amide bonds. The van der Waals surface area contributed by atoms with Crippen LogP contribution in [0.15, 0.2) is 24.4 Å². The fourth-order valence-electron chi connectivity index (χ4n) is 1.83. The first-order chi connectivity index (χ1) is 7.85. The monoisotopic (exact) mass is 216 g/mol. The molecule has 16 heavy (non-hydrogen) atoms. The van der Waals surface area contributed by atoms with E-state index in [9.17, 15) is 0 Å². The normalized spacial score (nSPS) is 18.6. The third-order valence-corrected chi connectivity index (χ3v) is 2.89. The van der Waals surface area contributed by atoms with E-state index in [2.05, 4.69) is 22.1 Å². The summed E-state index contributed by atoms with van der Waals surface area (Å²) < 4.78 is 5.56. The molecule has 0 bridgehead atoms. The molecule has 1 aromatic rings. The van der Waals surface area contributed by atoms with Gasteiger partial charge >= 0.3 is 0 Å². The second-order valence-electron chi connectivity index (χ2n) is 3.91. The van der Waals surface area contributed by atoms with E-state index in [0.717, 1.165) is 31.6 Å². The van der Waals surface area contributed by atoms with Crippen molar-refractivity contribution >= 4 is 0 Å². The Kier molecular flexibility index (Phi) is 3.55. The zero-order valence-corrected chi connectivity index (χ0v) is 9.49. The average molecular weight is 216 g/mol. The number of hydrogen-bond donors (Lipinski definition) is 1. The first-order valence-corrected chi connectivity index (χ1v) is 5.55. The zero-order valence-electron chi connectivity index (χ0n) is 9.49. The highest BCUT2D eigenvalue weighted by Crippen LogP contribution is 2.21. The minimum absolute atomic E-state index is 0.289. The molecule has 0 spiro atoms. The highest BCUT2D eigenvalue weighted by atomic mass is 16.5. The second-order valence-corrected chi connectivity index (χ2v) is 3.91. The Morgan fingerprint density at radius 1 is 1.38 bits per heavy atom. The molecule has 1 fully saturated rings. The lowest BCUT2D eigenvalue weighted by Gasteiger charge is -2.31. The molecular weight excluding hydrogens is 200 g/mol. The number of pyridine rings is 1. The van der Waals surface area contributed by atoms with Crippen LogP contribution in [0.4, 0.5) is 0 Å². The topological polar surface area (TPSA) is 34.1 Å². The van der Waals surface area contributed by atoms with Crippen LogP contribution in [-0.2, 0) is 4.74 Å². The quantitative estimate of drug-likeness (QED) is 0.716. The first kappa shape index (κ1) is 11.1. The predicted octanol–water partition coefficient (Wildman–Crippen LogP) is 1.20. The van der Waals surface area contributed by atoms with E-state index in [1.807, 2.05) is 18.2 Å². The lowest BCUT2D eigenvalue weighted by molar-refractivity contribution is 0.0159. The molecule has 0 radical (unpaired) electrons. The molecule has 0 atom stereocenters. The van der Waals surface area contributed by atoms with Gasteiger partial charge in [-0.25, -0.2) is 4.98 Å². The SMILES string of the molecule is COC1(C#Cc2ccccn2)CCNCC1. The van der Waals surface area contributed by atoms with Crippen molar-refractivity contribution in [2.24, 2.45) is 0 Å². The lowest BCUT2D eigenvalue weighted by atomic mass is 9.92. The highest BCUT2D eigenvalue weighted by Gasteiger charge is 2.29. The molecule has 2 rings (SSSR count). The zero-order chi connectivity index (χ0) is 11.3. The third kappa shape index (κ3) is 2.60. The summed E-state index contributed by atoms with van der Waals surface area (Å²) in [5.74, 6) is 6.32. The molecule has 1 aliphatic heterocycles. The fraction of sp³-hybridized carbons (Fsp3) is 0.462. The van der Waals surface area contributed by atoms with Gasteiger partial charge in [-0.15, -0.1) is 0 Å². The molecule has 0 aromatic carbocycles. The summed E-state index contributed by atoms with van der Waals surface area (Å²) in [6, 6.07) is 5.75. The Hall–Kier alpha value is -1.37. The molecule has 1 aliphatic rings. The molecular formula is C13H16N2O. The minimum atomic E-state index is -0.289. The smallest absolute Gasteiger partial charge is 0.131 e. The van der Waals surface area contributed by atoms with Gasteiger partial charge in [0.15, 0.2) is 0 Å². The van der Waals surface area contributed by atoms with Crippen LogP contribution < -0.4 is 5.32 Å². The number of piperidine rings is 1. The number of hydrogen-bond acceptors (Lipinski definition) is 3. The van der Waals surface area contributed by atoms with Crippen LogP contribution in [0.3, 0.4) is 0 Å². The van der Waals surface area contributed by atoms with E-state index in [0.29, 0.717) is 0 Å². The maximum atomic E-state index is 5.56. The van der Waals surface area contributed by atoms with Crippen molar-refractivity contribution in [3.63, 3.8) is 0 Å². The van der Waals surface area contributed by atoms with Crippen LogP contribution in [0.5, 0.6) is 0 Å². The summed E-state index contributed by atoms with van der Waals surface area (Å²) in [6.45, 7) is 1.93. The van der Waals surface area contributed by atoms with Gasteiger partial charge in [-0.05, 0) is 31.1 Å². The molecule has 0 saturated carbocycles. The molecule has 0 aliphatic carbocycles. The molecule has 3 nitrogen and oxygen atoms in total. The van der Waals surface area contributed by atoms with Crippen LogP contribution in [0.2, 0.25) is 0 Å². The number of methoxy groups -OCH3 is 1. The van der Waals surface area contributed by atoms with Gasteiger partial charge < -0.3 is 10.1 Å². The van der Waals surface area contributed by atoms with E-state index in [1.165, 1.54) is 0 Å². The van der Waals surface area contributed by atoms with Crippen LogP contribution >= 0.6 is 0 Å². The molecule has 1 aromatic heterocycles. The van der Waals surface area contributed by atoms with E-state index in [1.54, 1.807) is 13.3 Å². The number of aromatic nitrogens is 1. The van der Waals surface area contributed by atoms with Crippen LogP contribution in [-0.4, -0.2) is 30.8 Å². The highest BCUT2D eigenvalue weighted by molar-refractivity contribution is 5.30. The Morgan fingerprint density at radius 2 is 2.19 bits per heavy atom. The summed E-state index contributed by atoms with van der Waals surface area (Å²) in [7, 11) is 1.73. The summed E-state index contributed by atoms with van der Waals surface area (Å²) in [5.41, 5.74) is 0.514. The maximum Gasteiger partial charge on any atom is 0.131 e. The molecule has 1 saturated heterocycles. The van der Waals surface area contributed by atoms with E-state index < -0.39 is 0 Å². The molecule has 2 heterocycles. The predicted molar refractivity (Wildman–Crippen MR) is 63.0 cm³/mol. The molecule has 1 N–H and O–H groups in total. The standard InChI is InChI=1S/C13H16N2O/c1-16-13(7-10-14-11-8-13)6-5-12-4-2-3-9-15-12/h2-4,9,14H,7-8,10-11H2,1H3. The lowest BCUT2D eigenvalue weighted by Crippen LogP contribution is -2.42. The van der Waals surface area contributed by atoms with Gasteiger partial charge in [-0.3, -0.25) is 0 Å². The largest absolute Gasteiger partial charge is 0.365 e.